The van der Waals surface area contributed by atoms with E-state index >= 15 is 0 Å². The Labute approximate surface area is 102 Å². The van der Waals surface area contributed by atoms with Crippen molar-refractivity contribution in [2.45, 2.75) is 6.04 Å². The van der Waals surface area contributed by atoms with E-state index < -0.39 is 0 Å². The normalized spacial score (nSPS) is 12.1. The highest BCUT2D eigenvalue weighted by molar-refractivity contribution is 7.16. The molecule has 0 saturated heterocycles. The van der Waals surface area contributed by atoms with E-state index in [1.165, 1.54) is 4.88 Å². The van der Waals surface area contributed by atoms with Gasteiger partial charge in [0.05, 0.1) is 10.4 Å². The van der Waals surface area contributed by atoms with Gasteiger partial charge in [0.25, 0.3) is 0 Å². The number of nitrogens with two attached hydrogens (primary N) is 1. The lowest BCUT2D eigenvalue weighted by Gasteiger charge is -2.05. The fourth-order valence-electron chi connectivity index (χ4n) is 1.10. The number of hydrogen-bond donors (Lipinski definition) is 1. The Morgan fingerprint density at radius 3 is 2.50 bits per heavy atom. The van der Waals surface area contributed by atoms with Crippen LogP contribution in [0.25, 0.3) is 0 Å². The molecule has 0 unspecified atom stereocenters. The maximum absolute atomic E-state index is 6.04. The first-order chi connectivity index (χ1) is 6.27. The number of halogens is 2. The van der Waals surface area contributed by atoms with Crippen LogP contribution in [0, 0.1) is 0 Å². The maximum Gasteiger partial charge on any atom is 0.0931 e. The summed E-state index contributed by atoms with van der Waals surface area (Å²) in [5, 5.41) is 2.03. The number of thiophene rings is 2. The van der Waals surface area contributed by atoms with Crippen molar-refractivity contribution in [1.29, 1.82) is 0 Å². The highest BCUT2D eigenvalue weighted by atomic mass is 35.5. The summed E-state index contributed by atoms with van der Waals surface area (Å²) in [5.74, 6) is 0. The predicted molar refractivity (Wildman–Crippen MR) is 66.9 cm³/mol. The van der Waals surface area contributed by atoms with E-state index in [2.05, 4.69) is 0 Å². The van der Waals surface area contributed by atoms with E-state index in [4.69, 9.17) is 17.3 Å². The van der Waals surface area contributed by atoms with Gasteiger partial charge in [-0.15, -0.1) is 35.1 Å². The summed E-state index contributed by atoms with van der Waals surface area (Å²) < 4.78 is 0.794. The largest absolute Gasteiger partial charge is 0.319 e. The standard InChI is InChI=1S/C9H8ClNS2.ClH/c10-8-4-3-7(13-8)9(11)6-2-1-5-12-6;/h1-5,9H,11H2;1H/t9-;/m0./s1. The highest BCUT2D eigenvalue weighted by Crippen LogP contribution is 2.31. The molecule has 0 radical (unpaired) electrons. The van der Waals surface area contributed by atoms with Gasteiger partial charge in [-0.25, -0.2) is 0 Å². The molecule has 0 aliphatic rings. The molecule has 0 fully saturated rings. The lowest BCUT2D eigenvalue weighted by atomic mass is 10.2. The van der Waals surface area contributed by atoms with Gasteiger partial charge >= 0.3 is 0 Å². The molecule has 0 amide bonds. The molecule has 2 N–H and O–H groups in total. The SMILES string of the molecule is Cl.N[C@@H](c1cccs1)c1ccc(Cl)s1. The Balaban J connectivity index is 0.000000980. The molecular weight excluding hydrogens is 257 g/mol. The molecule has 0 bridgehead atoms. The fraction of sp³-hybridized carbons (Fsp3) is 0.111. The van der Waals surface area contributed by atoms with Crippen molar-refractivity contribution in [2.24, 2.45) is 5.73 Å². The molecule has 14 heavy (non-hydrogen) atoms. The van der Waals surface area contributed by atoms with Crippen LogP contribution in [0.4, 0.5) is 0 Å². The molecule has 76 valence electrons. The van der Waals surface area contributed by atoms with Crippen LogP contribution in [-0.2, 0) is 0 Å². The van der Waals surface area contributed by atoms with Crippen molar-refractivity contribution in [3.05, 3.63) is 43.7 Å². The summed E-state index contributed by atoms with van der Waals surface area (Å²) in [6.45, 7) is 0. The second kappa shape index (κ2) is 5.14. The minimum Gasteiger partial charge on any atom is -0.319 e. The third-order valence-corrected chi connectivity index (χ3v) is 4.02. The Morgan fingerprint density at radius 1 is 1.21 bits per heavy atom. The van der Waals surface area contributed by atoms with Crippen LogP contribution in [0.2, 0.25) is 4.34 Å². The third kappa shape index (κ3) is 2.49. The zero-order valence-electron chi connectivity index (χ0n) is 7.14. The smallest absolute Gasteiger partial charge is 0.0931 e. The van der Waals surface area contributed by atoms with Gasteiger partial charge in [0.2, 0.25) is 0 Å². The van der Waals surface area contributed by atoms with E-state index in [9.17, 15) is 0 Å². The summed E-state index contributed by atoms with van der Waals surface area (Å²) in [4.78, 5) is 2.30. The first kappa shape index (κ1) is 12.0. The van der Waals surface area contributed by atoms with Crippen molar-refractivity contribution >= 4 is 46.7 Å². The summed E-state index contributed by atoms with van der Waals surface area (Å²) in [6, 6.07) is 7.90. The van der Waals surface area contributed by atoms with Gasteiger partial charge < -0.3 is 5.73 Å². The maximum atomic E-state index is 6.04. The minimum absolute atomic E-state index is 0. The second-order valence-corrected chi connectivity index (χ2v) is 5.36. The first-order valence-corrected chi connectivity index (χ1v) is 5.89. The molecule has 0 spiro atoms. The summed E-state index contributed by atoms with van der Waals surface area (Å²) in [7, 11) is 0. The molecule has 2 aromatic heterocycles. The summed E-state index contributed by atoms with van der Waals surface area (Å²) in [6.07, 6.45) is 0. The van der Waals surface area contributed by atoms with Crippen LogP contribution in [-0.4, -0.2) is 0 Å². The molecule has 2 heterocycles. The molecule has 1 nitrogen and oxygen atoms in total. The van der Waals surface area contributed by atoms with Crippen LogP contribution in [0.15, 0.2) is 29.6 Å². The molecule has 5 heteroatoms. The van der Waals surface area contributed by atoms with Gasteiger partial charge in [0.15, 0.2) is 0 Å². The van der Waals surface area contributed by atoms with Crippen LogP contribution < -0.4 is 5.73 Å². The minimum atomic E-state index is -0.0162. The topological polar surface area (TPSA) is 26.0 Å². The van der Waals surface area contributed by atoms with E-state index in [1.54, 1.807) is 22.7 Å². The second-order valence-electron chi connectivity index (χ2n) is 2.63. The monoisotopic (exact) mass is 265 g/mol. The van der Waals surface area contributed by atoms with Gasteiger partial charge in [-0.05, 0) is 23.6 Å². The fourth-order valence-corrected chi connectivity index (χ4v) is 3.00. The number of rotatable bonds is 2. The van der Waals surface area contributed by atoms with Gasteiger partial charge in [0.1, 0.15) is 0 Å². The van der Waals surface area contributed by atoms with E-state index in [1.807, 2.05) is 29.6 Å². The summed E-state index contributed by atoms with van der Waals surface area (Å²) >= 11 is 9.05. The molecular formula is C9H9Cl2NS2. The van der Waals surface area contributed by atoms with Crippen molar-refractivity contribution in [3.8, 4) is 0 Å². The van der Waals surface area contributed by atoms with Gasteiger partial charge in [-0.1, -0.05) is 17.7 Å². The predicted octanol–water partition coefficient (Wildman–Crippen LogP) is 3.93. The highest BCUT2D eigenvalue weighted by Gasteiger charge is 2.11. The molecule has 0 aliphatic carbocycles. The van der Waals surface area contributed by atoms with Crippen molar-refractivity contribution < 1.29 is 0 Å². The summed E-state index contributed by atoms with van der Waals surface area (Å²) in [5.41, 5.74) is 6.04. The Bertz CT molecular complexity index is 383. The molecule has 2 rings (SSSR count). The average Bonchev–Trinajstić information content (AvgIpc) is 2.72. The molecule has 0 aliphatic heterocycles. The Kier molecular flexibility index (Phi) is 4.41. The Morgan fingerprint density at radius 2 is 2.00 bits per heavy atom. The van der Waals surface area contributed by atoms with Crippen LogP contribution in [0.1, 0.15) is 15.8 Å². The van der Waals surface area contributed by atoms with Crippen molar-refractivity contribution in [1.82, 2.24) is 0 Å². The van der Waals surface area contributed by atoms with Gasteiger partial charge in [0, 0.05) is 9.75 Å². The zero-order chi connectivity index (χ0) is 9.26. The van der Waals surface area contributed by atoms with E-state index in [-0.39, 0.29) is 18.4 Å². The van der Waals surface area contributed by atoms with E-state index in [0.717, 1.165) is 9.21 Å². The molecule has 2 aromatic rings. The van der Waals surface area contributed by atoms with Crippen LogP contribution >= 0.6 is 46.7 Å². The van der Waals surface area contributed by atoms with E-state index in [0.29, 0.717) is 0 Å². The molecule has 0 aromatic carbocycles. The Hall–Kier alpha value is -0.0600. The van der Waals surface area contributed by atoms with Gasteiger partial charge in [-0.3, -0.25) is 0 Å². The molecule has 1 atom stereocenters. The van der Waals surface area contributed by atoms with Crippen molar-refractivity contribution in [2.75, 3.05) is 0 Å². The lowest BCUT2D eigenvalue weighted by molar-refractivity contribution is 0.917. The average molecular weight is 266 g/mol. The zero-order valence-corrected chi connectivity index (χ0v) is 10.3. The van der Waals surface area contributed by atoms with Crippen molar-refractivity contribution in [3.63, 3.8) is 0 Å². The lowest BCUT2D eigenvalue weighted by Crippen LogP contribution is -2.07. The third-order valence-electron chi connectivity index (χ3n) is 1.75. The van der Waals surface area contributed by atoms with Crippen LogP contribution in [0.5, 0.6) is 0 Å². The van der Waals surface area contributed by atoms with Gasteiger partial charge in [-0.2, -0.15) is 0 Å². The quantitative estimate of drug-likeness (QED) is 0.875. The van der Waals surface area contributed by atoms with Crippen LogP contribution in [0.3, 0.4) is 0 Å². The molecule has 0 saturated carbocycles. The number of hydrogen-bond acceptors (Lipinski definition) is 3. The first-order valence-electron chi connectivity index (χ1n) is 3.81.